The van der Waals surface area contributed by atoms with E-state index in [1.54, 1.807) is 18.2 Å². The Kier molecular flexibility index (Phi) is 3.92. The first-order valence-corrected chi connectivity index (χ1v) is 7.92. The quantitative estimate of drug-likeness (QED) is 0.589. The Hall–Kier alpha value is -3.92. The lowest BCUT2D eigenvalue weighted by Gasteiger charge is -2.09. The molecule has 7 nitrogen and oxygen atoms in total. The first-order chi connectivity index (χ1) is 12.7. The SMILES string of the molecule is N#Cc1ccc(-c2cccc(COc3cc(N)nc4[nH]nnc34)c2)cc1. The van der Waals surface area contributed by atoms with Crippen LogP contribution in [-0.4, -0.2) is 20.4 Å². The molecule has 2 heterocycles. The number of H-pyrrole nitrogens is 1. The van der Waals surface area contributed by atoms with Crippen LogP contribution in [0.4, 0.5) is 5.82 Å². The number of nitrogen functional groups attached to an aromatic ring is 1. The monoisotopic (exact) mass is 342 g/mol. The maximum absolute atomic E-state index is 8.91. The Balaban J connectivity index is 1.57. The molecular weight excluding hydrogens is 328 g/mol. The fraction of sp³-hybridized carbons (Fsp3) is 0.0526. The molecule has 0 amide bonds. The van der Waals surface area contributed by atoms with Crippen LogP contribution in [0, 0.1) is 11.3 Å². The van der Waals surface area contributed by atoms with Crippen LogP contribution in [-0.2, 0) is 6.61 Å². The van der Waals surface area contributed by atoms with Gasteiger partial charge in [0, 0.05) is 6.07 Å². The van der Waals surface area contributed by atoms with Crippen molar-refractivity contribution in [1.82, 2.24) is 20.4 Å². The third-order valence-electron chi connectivity index (χ3n) is 3.95. The van der Waals surface area contributed by atoms with Crippen molar-refractivity contribution in [3.63, 3.8) is 0 Å². The number of nitrogens with two attached hydrogens (primary N) is 1. The highest BCUT2D eigenvalue weighted by Gasteiger charge is 2.10. The smallest absolute Gasteiger partial charge is 0.181 e. The van der Waals surface area contributed by atoms with Crippen LogP contribution in [0.3, 0.4) is 0 Å². The van der Waals surface area contributed by atoms with Crippen LogP contribution in [0.1, 0.15) is 11.1 Å². The predicted molar refractivity (Wildman–Crippen MR) is 97.0 cm³/mol. The number of ether oxygens (including phenoxy) is 1. The summed E-state index contributed by atoms with van der Waals surface area (Å²) in [7, 11) is 0. The zero-order valence-corrected chi connectivity index (χ0v) is 13.7. The maximum atomic E-state index is 8.91. The van der Waals surface area contributed by atoms with Gasteiger partial charge in [-0.25, -0.2) is 10.1 Å². The van der Waals surface area contributed by atoms with Gasteiger partial charge >= 0.3 is 0 Å². The summed E-state index contributed by atoms with van der Waals surface area (Å²) in [6.45, 7) is 0.357. The van der Waals surface area contributed by atoms with Crippen molar-refractivity contribution < 1.29 is 4.74 Å². The van der Waals surface area contributed by atoms with E-state index in [1.807, 2.05) is 36.4 Å². The first-order valence-electron chi connectivity index (χ1n) is 7.92. The molecule has 3 N–H and O–H groups in total. The lowest BCUT2D eigenvalue weighted by atomic mass is 10.0. The summed E-state index contributed by atoms with van der Waals surface area (Å²) in [4.78, 5) is 4.11. The molecular formula is C19H14N6O. The molecule has 0 atom stereocenters. The van der Waals surface area contributed by atoms with E-state index in [4.69, 9.17) is 15.7 Å². The minimum atomic E-state index is 0.338. The van der Waals surface area contributed by atoms with Crippen molar-refractivity contribution >= 4 is 17.0 Å². The highest BCUT2D eigenvalue weighted by atomic mass is 16.5. The van der Waals surface area contributed by atoms with E-state index >= 15 is 0 Å². The van der Waals surface area contributed by atoms with E-state index in [2.05, 4.69) is 26.5 Å². The lowest BCUT2D eigenvalue weighted by molar-refractivity contribution is 0.309. The number of nitrogens with one attached hydrogen (secondary N) is 1. The van der Waals surface area contributed by atoms with Gasteiger partial charge in [-0.2, -0.15) is 5.26 Å². The highest BCUT2D eigenvalue weighted by molar-refractivity contribution is 5.78. The lowest BCUT2D eigenvalue weighted by Crippen LogP contribution is -1.99. The van der Waals surface area contributed by atoms with Crippen molar-refractivity contribution in [2.24, 2.45) is 0 Å². The summed E-state index contributed by atoms with van der Waals surface area (Å²) in [6, 6.07) is 19.3. The van der Waals surface area contributed by atoms with Gasteiger partial charge in [0.15, 0.2) is 16.9 Å². The molecule has 0 aliphatic carbocycles. The molecule has 4 rings (SSSR count). The summed E-state index contributed by atoms with van der Waals surface area (Å²) in [5.41, 5.74) is 10.6. The molecule has 0 bridgehead atoms. The van der Waals surface area contributed by atoms with E-state index < -0.39 is 0 Å². The van der Waals surface area contributed by atoms with Crippen LogP contribution < -0.4 is 10.5 Å². The number of aromatic nitrogens is 4. The summed E-state index contributed by atoms with van der Waals surface area (Å²) in [6.07, 6.45) is 0. The number of hydrogen-bond acceptors (Lipinski definition) is 6. The first kappa shape index (κ1) is 15.6. The summed E-state index contributed by atoms with van der Waals surface area (Å²) in [5.74, 6) is 0.870. The number of fused-ring (bicyclic) bond motifs is 1. The number of nitrogens with zero attached hydrogens (tertiary/aromatic N) is 4. The van der Waals surface area contributed by atoms with Crippen molar-refractivity contribution in [2.45, 2.75) is 6.61 Å². The van der Waals surface area contributed by atoms with E-state index in [-0.39, 0.29) is 0 Å². The van der Waals surface area contributed by atoms with Gasteiger partial charge in [0.1, 0.15) is 12.4 Å². The Morgan fingerprint density at radius 3 is 2.73 bits per heavy atom. The van der Waals surface area contributed by atoms with Gasteiger partial charge in [-0.1, -0.05) is 35.5 Å². The summed E-state index contributed by atoms with van der Waals surface area (Å²) >= 11 is 0. The number of benzene rings is 2. The summed E-state index contributed by atoms with van der Waals surface area (Å²) < 4.78 is 5.89. The van der Waals surface area contributed by atoms with Crippen LogP contribution in [0.5, 0.6) is 5.75 Å². The molecule has 126 valence electrons. The van der Waals surface area contributed by atoms with Crippen LogP contribution in [0.25, 0.3) is 22.3 Å². The summed E-state index contributed by atoms with van der Waals surface area (Å²) in [5, 5.41) is 19.3. The fourth-order valence-electron chi connectivity index (χ4n) is 2.68. The molecule has 0 aliphatic rings. The van der Waals surface area contributed by atoms with Gasteiger partial charge in [-0.15, -0.1) is 5.10 Å². The van der Waals surface area contributed by atoms with Gasteiger partial charge in [-0.05, 0) is 34.9 Å². The number of rotatable bonds is 4. The number of pyridine rings is 1. The van der Waals surface area contributed by atoms with Crippen molar-refractivity contribution in [3.05, 3.63) is 65.7 Å². The Morgan fingerprint density at radius 2 is 1.92 bits per heavy atom. The Morgan fingerprint density at radius 1 is 1.08 bits per heavy atom. The van der Waals surface area contributed by atoms with E-state index in [1.165, 1.54) is 0 Å². The van der Waals surface area contributed by atoms with E-state index in [9.17, 15) is 0 Å². The zero-order valence-electron chi connectivity index (χ0n) is 13.7. The molecule has 4 aromatic rings. The molecule has 0 spiro atoms. The molecule has 7 heteroatoms. The number of hydrogen-bond donors (Lipinski definition) is 2. The highest BCUT2D eigenvalue weighted by Crippen LogP contribution is 2.25. The van der Waals surface area contributed by atoms with Crippen molar-refractivity contribution in [1.29, 1.82) is 5.26 Å². The Bertz CT molecular complexity index is 1110. The van der Waals surface area contributed by atoms with Crippen molar-refractivity contribution in [3.8, 4) is 22.9 Å². The second kappa shape index (κ2) is 6.53. The van der Waals surface area contributed by atoms with Gasteiger partial charge in [0.05, 0.1) is 11.6 Å². The average molecular weight is 342 g/mol. The van der Waals surface area contributed by atoms with Crippen LogP contribution >= 0.6 is 0 Å². The van der Waals surface area contributed by atoms with Crippen LogP contribution in [0.2, 0.25) is 0 Å². The standard InChI is InChI=1S/C19H14N6O/c20-10-12-4-6-14(7-5-12)15-3-1-2-13(8-15)11-26-16-9-17(21)22-19-18(16)23-25-24-19/h1-9H,11H2,(H3,21,22,23,24,25). The fourth-order valence-corrected chi connectivity index (χ4v) is 2.68. The molecule has 0 saturated heterocycles. The number of anilines is 1. The molecule has 0 saturated carbocycles. The van der Waals surface area contributed by atoms with Gasteiger partial charge in [0.25, 0.3) is 0 Å². The third-order valence-corrected chi connectivity index (χ3v) is 3.95. The normalized spacial score (nSPS) is 10.6. The average Bonchev–Trinajstić information content (AvgIpc) is 3.15. The van der Waals surface area contributed by atoms with E-state index in [0.717, 1.165) is 16.7 Å². The largest absolute Gasteiger partial charge is 0.486 e. The third kappa shape index (κ3) is 3.03. The van der Waals surface area contributed by atoms with Gasteiger partial charge in [0.2, 0.25) is 0 Å². The topological polar surface area (TPSA) is 114 Å². The molecule has 26 heavy (non-hydrogen) atoms. The number of aromatic amines is 1. The molecule has 2 aromatic heterocycles. The van der Waals surface area contributed by atoms with Gasteiger partial charge < -0.3 is 10.5 Å². The zero-order chi connectivity index (χ0) is 17.9. The molecule has 2 aromatic carbocycles. The maximum Gasteiger partial charge on any atom is 0.181 e. The number of nitriles is 1. The minimum Gasteiger partial charge on any atom is -0.486 e. The second-order valence-corrected chi connectivity index (χ2v) is 5.73. The van der Waals surface area contributed by atoms with Crippen LogP contribution in [0.15, 0.2) is 54.6 Å². The minimum absolute atomic E-state index is 0.338. The Labute approximate surface area is 149 Å². The molecule has 0 aliphatic heterocycles. The van der Waals surface area contributed by atoms with E-state index in [0.29, 0.717) is 34.9 Å². The molecule has 0 unspecified atom stereocenters. The molecule has 0 radical (unpaired) electrons. The van der Waals surface area contributed by atoms with Gasteiger partial charge in [-0.3, -0.25) is 0 Å². The predicted octanol–water partition coefficient (Wildman–Crippen LogP) is 3.05. The van der Waals surface area contributed by atoms with Crippen molar-refractivity contribution in [2.75, 3.05) is 5.73 Å². The molecule has 0 fully saturated rings. The second-order valence-electron chi connectivity index (χ2n) is 5.73.